The molecule has 0 aromatic rings. The molecule has 5 heteroatoms. The van der Waals surface area contributed by atoms with E-state index < -0.39 is 0 Å². The van der Waals surface area contributed by atoms with Gasteiger partial charge in [-0.1, -0.05) is 0 Å². The molecule has 0 spiro atoms. The maximum atomic E-state index is 7.62. The molecule has 0 saturated carbocycles. The molecule has 84 valence electrons. The molecule has 0 saturated heterocycles. The van der Waals surface area contributed by atoms with Gasteiger partial charge in [0.25, 0.3) is 0 Å². The van der Waals surface area contributed by atoms with Gasteiger partial charge in [0.15, 0.2) is 0 Å². The summed E-state index contributed by atoms with van der Waals surface area (Å²) >= 11 is -0.344. The zero-order chi connectivity index (χ0) is 12.7. The molecule has 0 radical (unpaired) electrons. The zero-order valence-corrected chi connectivity index (χ0v) is 10.8. The molecule has 0 aliphatic rings. The number of hydrogen-bond donors (Lipinski definition) is 0. The fourth-order valence-corrected chi connectivity index (χ4v) is 0.0935. The molecule has 0 N–H and O–H groups in total. The van der Waals surface area contributed by atoms with Crippen molar-refractivity contribution in [2.24, 2.45) is 0 Å². The van der Waals surface area contributed by atoms with E-state index in [-0.39, 0.29) is 30.1 Å². The van der Waals surface area contributed by atoms with Crippen LogP contribution >= 0.6 is 0 Å². The van der Waals surface area contributed by atoms with Crippen LogP contribution in [0, 0.1) is 32.8 Å². The van der Waals surface area contributed by atoms with Gasteiger partial charge < -0.3 is 9.69 Å². The van der Waals surface area contributed by atoms with Gasteiger partial charge in [-0.3, -0.25) is 0 Å². The Morgan fingerprint density at radius 1 is 0.933 bits per heavy atom. The van der Waals surface area contributed by atoms with Gasteiger partial charge in [-0.15, -0.1) is 0 Å². The second kappa shape index (κ2) is 18.4. The van der Waals surface area contributed by atoms with Crippen LogP contribution in [0.4, 0.5) is 0 Å². The molecular formula is C10H14N4Pd. The van der Waals surface area contributed by atoms with E-state index in [4.69, 9.17) is 23.7 Å². The third-order valence-electron chi connectivity index (χ3n) is 0.587. The average Bonchev–Trinajstić information content (AvgIpc) is 2.20. The summed E-state index contributed by atoms with van der Waals surface area (Å²) in [7, 11) is 0. The molecule has 0 unspecified atom stereocenters. The fraction of sp³-hybridized carbons (Fsp3) is 0.600. The third kappa shape index (κ3) is 66.7. The summed E-state index contributed by atoms with van der Waals surface area (Å²) in [5.41, 5.74) is 0. The predicted octanol–water partition coefficient (Wildman–Crippen LogP) is 2.66. The number of rotatable bonds is 0. The van der Waals surface area contributed by atoms with Gasteiger partial charge in [0.2, 0.25) is 12.1 Å². The Hall–Kier alpha value is -1.38. The van der Waals surface area contributed by atoms with Gasteiger partial charge in [-0.25, -0.2) is 13.1 Å². The Morgan fingerprint density at radius 2 is 1.13 bits per heavy atom. The van der Waals surface area contributed by atoms with Crippen molar-refractivity contribution in [3.8, 4) is 9.08 Å². The molecule has 0 aliphatic heterocycles. The topological polar surface area (TPSA) is 56.3 Å². The molecule has 0 fully saturated rings. The molecule has 0 aliphatic carbocycles. The van der Waals surface area contributed by atoms with Crippen molar-refractivity contribution in [1.29, 1.82) is 10.5 Å². The molecule has 15 heavy (non-hydrogen) atoms. The van der Waals surface area contributed by atoms with Crippen LogP contribution < -0.4 is 0 Å². The summed E-state index contributed by atoms with van der Waals surface area (Å²) in [6.07, 6.45) is 0. The van der Waals surface area contributed by atoms with E-state index in [1.165, 1.54) is 0 Å². The molecular weight excluding hydrogens is 283 g/mol. The van der Waals surface area contributed by atoms with Gasteiger partial charge in [-0.2, -0.15) is 0 Å². The Labute approximate surface area is 100 Å². The van der Waals surface area contributed by atoms with Crippen molar-refractivity contribution in [3.05, 3.63) is 22.8 Å². The summed E-state index contributed by atoms with van der Waals surface area (Å²) in [5, 5.41) is 15.2. The van der Waals surface area contributed by atoms with Gasteiger partial charge >= 0.3 is 37.6 Å². The maximum Gasteiger partial charge on any atom is 0.218 e. The molecule has 0 rings (SSSR count). The molecule has 0 bridgehead atoms. The van der Waals surface area contributed by atoms with Gasteiger partial charge in [0.05, 0.1) is 0 Å². The van der Waals surface area contributed by atoms with Gasteiger partial charge in [0, 0.05) is 27.7 Å². The van der Waals surface area contributed by atoms with Crippen LogP contribution in [0.2, 0.25) is 0 Å². The Bertz CT molecular complexity index is 253. The van der Waals surface area contributed by atoms with Crippen molar-refractivity contribution in [2.45, 2.75) is 39.8 Å². The second-order valence-corrected chi connectivity index (χ2v) is 3.75. The SMILES string of the molecule is N#[C][Pd][C]#N.[C-]#[N+]C(C)C.[C-]#[N+]C(C)C. The standard InChI is InChI=1S/2C4H7N.2CN.Pd/c2*1-4(2)5-3;2*1-2;/h2*4H,1-2H3;;;. The molecule has 0 amide bonds. The average molecular weight is 297 g/mol. The fourth-order valence-electron chi connectivity index (χ4n) is 0.0158. The van der Waals surface area contributed by atoms with Crippen LogP contribution in [0.5, 0.6) is 0 Å². The zero-order valence-electron chi connectivity index (χ0n) is 9.26. The molecule has 4 nitrogen and oxygen atoms in total. The maximum absolute atomic E-state index is 7.62. The van der Waals surface area contributed by atoms with Crippen LogP contribution in [0.3, 0.4) is 0 Å². The van der Waals surface area contributed by atoms with E-state index in [2.05, 4.69) is 9.69 Å². The predicted molar refractivity (Wildman–Crippen MR) is 54.7 cm³/mol. The van der Waals surface area contributed by atoms with E-state index >= 15 is 0 Å². The largest absolute Gasteiger partial charge is 0.314 e. The first kappa shape index (κ1) is 19.2. The summed E-state index contributed by atoms with van der Waals surface area (Å²) in [5.74, 6) is 0. The van der Waals surface area contributed by atoms with Crippen molar-refractivity contribution >= 4 is 0 Å². The second-order valence-electron chi connectivity index (χ2n) is 2.67. The molecule has 0 atom stereocenters. The number of hydrogen-bond acceptors (Lipinski definition) is 2. The van der Waals surface area contributed by atoms with Crippen LogP contribution in [0.15, 0.2) is 0 Å². The van der Waals surface area contributed by atoms with Crippen molar-refractivity contribution in [2.75, 3.05) is 0 Å². The van der Waals surface area contributed by atoms with E-state index in [9.17, 15) is 0 Å². The van der Waals surface area contributed by atoms with Crippen LogP contribution in [-0.2, 0) is 18.0 Å². The van der Waals surface area contributed by atoms with E-state index in [1.807, 2.05) is 27.7 Å². The van der Waals surface area contributed by atoms with Crippen molar-refractivity contribution in [1.82, 2.24) is 0 Å². The Morgan fingerprint density at radius 3 is 1.13 bits per heavy atom. The monoisotopic (exact) mass is 296 g/mol. The van der Waals surface area contributed by atoms with Gasteiger partial charge in [0.1, 0.15) is 0 Å². The van der Waals surface area contributed by atoms with Crippen LogP contribution in [0.1, 0.15) is 27.7 Å². The first-order valence-electron chi connectivity index (χ1n) is 4.04. The van der Waals surface area contributed by atoms with E-state index in [0.717, 1.165) is 0 Å². The molecule has 0 heterocycles. The Balaban J connectivity index is -0.000000144. The van der Waals surface area contributed by atoms with Crippen molar-refractivity contribution < 1.29 is 18.0 Å². The molecule has 0 aromatic carbocycles. The quantitative estimate of drug-likeness (QED) is 0.510. The smallest absolute Gasteiger partial charge is 0.218 e. The minimum atomic E-state index is -0.344. The first-order chi connectivity index (χ1) is 6.95. The van der Waals surface area contributed by atoms with Gasteiger partial charge in [-0.05, 0) is 0 Å². The Kier molecular flexibility index (Phi) is 23.6. The molecule has 0 aromatic heterocycles. The summed E-state index contributed by atoms with van der Waals surface area (Å²) in [6.45, 7) is 20.0. The summed E-state index contributed by atoms with van der Waals surface area (Å²) in [4.78, 5) is 6.28. The number of nitriles is 2. The normalized spacial score (nSPS) is 6.80. The summed E-state index contributed by atoms with van der Waals surface area (Å²) in [6, 6.07) is 0.352. The minimum absolute atomic E-state index is 0.176. The summed E-state index contributed by atoms with van der Waals surface area (Å²) < 4.78 is 3.41. The van der Waals surface area contributed by atoms with Crippen LogP contribution in [0.25, 0.3) is 9.69 Å². The minimum Gasteiger partial charge on any atom is -0.314 e. The van der Waals surface area contributed by atoms with E-state index in [1.54, 1.807) is 9.08 Å². The van der Waals surface area contributed by atoms with E-state index in [0.29, 0.717) is 0 Å². The number of nitrogens with zero attached hydrogens (tertiary/aromatic N) is 4. The third-order valence-corrected chi connectivity index (χ3v) is 0.935. The van der Waals surface area contributed by atoms with Crippen molar-refractivity contribution in [3.63, 3.8) is 0 Å². The van der Waals surface area contributed by atoms with Crippen LogP contribution in [-0.4, -0.2) is 12.1 Å². The first-order valence-corrected chi connectivity index (χ1v) is 5.59.